The number of aliphatic hydroxyl groups is 1. The molecule has 3 nitrogen and oxygen atoms in total. The lowest BCUT2D eigenvalue weighted by molar-refractivity contribution is -0.128. The van der Waals surface area contributed by atoms with Gasteiger partial charge in [0.2, 0.25) is 5.91 Å². The van der Waals surface area contributed by atoms with Gasteiger partial charge in [0.25, 0.3) is 0 Å². The molecule has 0 radical (unpaired) electrons. The second-order valence-electron chi connectivity index (χ2n) is 5.95. The number of rotatable bonds is 4. The van der Waals surface area contributed by atoms with Gasteiger partial charge in [0.15, 0.2) is 0 Å². The highest BCUT2D eigenvalue weighted by molar-refractivity contribution is 5.78. The molecule has 1 saturated heterocycles. The summed E-state index contributed by atoms with van der Waals surface area (Å²) in [6.45, 7) is 7.54. The van der Waals surface area contributed by atoms with Crippen molar-refractivity contribution in [1.82, 2.24) is 4.90 Å². The number of likely N-dealkylation sites (tertiary alicyclic amines) is 1. The molecule has 0 saturated carbocycles. The van der Waals surface area contributed by atoms with E-state index in [4.69, 9.17) is 0 Å². The maximum Gasteiger partial charge on any atom is 0.223 e. The van der Waals surface area contributed by atoms with Crippen LogP contribution in [-0.2, 0) is 4.79 Å². The highest BCUT2D eigenvalue weighted by Gasteiger charge is 2.28. The Morgan fingerprint density at radius 3 is 2.32 bits per heavy atom. The molecule has 2 unspecified atom stereocenters. The Labute approximate surface area is 115 Å². The van der Waals surface area contributed by atoms with Gasteiger partial charge in [-0.3, -0.25) is 4.79 Å². The molecule has 104 valence electrons. The SMILES string of the molecule is CC1CC(=O)N(CC(O)c2ccc(C(C)C)cc2)C1. The van der Waals surface area contributed by atoms with Crippen molar-refractivity contribution in [3.8, 4) is 0 Å². The van der Waals surface area contributed by atoms with Crippen LogP contribution in [0.4, 0.5) is 0 Å². The van der Waals surface area contributed by atoms with Crippen LogP contribution < -0.4 is 0 Å². The first kappa shape index (κ1) is 14.1. The summed E-state index contributed by atoms with van der Waals surface area (Å²) < 4.78 is 0. The van der Waals surface area contributed by atoms with Gasteiger partial charge in [-0.1, -0.05) is 45.0 Å². The first-order chi connectivity index (χ1) is 8.97. The topological polar surface area (TPSA) is 40.5 Å². The molecule has 1 aliphatic rings. The number of benzene rings is 1. The lowest BCUT2D eigenvalue weighted by Gasteiger charge is -2.21. The number of carbonyl (C=O) groups is 1. The number of nitrogens with zero attached hydrogens (tertiary/aromatic N) is 1. The van der Waals surface area contributed by atoms with E-state index in [9.17, 15) is 9.90 Å². The van der Waals surface area contributed by atoms with E-state index in [0.717, 1.165) is 12.1 Å². The summed E-state index contributed by atoms with van der Waals surface area (Å²) in [5.74, 6) is 1.06. The minimum absolute atomic E-state index is 0.158. The summed E-state index contributed by atoms with van der Waals surface area (Å²) in [5, 5.41) is 10.2. The summed E-state index contributed by atoms with van der Waals surface area (Å²) in [5.41, 5.74) is 2.15. The summed E-state index contributed by atoms with van der Waals surface area (Å²) in [7, 11) is 0. The molecular formula is C16H23NO2. The van der Waals surface area contributed by atoms with Crippen molar-refractivity contribution in [2.75, 3.05) is 13.1 Å². The molecule has 0 bridgehead atoms. The Morgan fingerprint density at radius 1 is 1.26 bits per heavy atom. The molecule has 0 aromatic heterocycles. The molecule has 0 aliphatic carbocycles. The number of hydrogen-bond donors (Lipinski definition) is 1. The van der Waals surface area contributed by atoms with Crippen molar-refractivity contribution in [2.45, 2.75) is 39.2 Å². The van der Waals surface area contributed by atoms with Crippen molar-refractivity contribution in [3.05, 3.63) is 35.4 Å². The summed E-state index contributed by atoms with van der Waals surface area (Å²) >= 11 is 0. The van der Waals surface area contributed by atoms with Gasteiger partial charge >= 0.3 is 0 Å². The minimum atomic E-state index is -0.588. The molecular weight excluding hydrogens is 238 g/mol. The van der Waals surface area contributed by atoms with E-state index in [0.29, 0.717) is 24.8 Å². The third-order valence-electron chi connectivity index (χ3n) is 3.79. The Kier molecular flexibility index (Phi) is 4.25. The normalized spacial score (nSPS) is 21.2. The number of aliphatic hydroxyl groups excluding tert-OH is 1. The Bertz CT molecular complexity index is 439. The number of carbonyl (C=O) groups excluding carboxylic acids is 1. The van der Waals surface area contributed by atoms with E-state index in [2.05, 4.69) is 32.9 Å². The largest absolute Gasteiger partial charge is 0.387 e. The Balaban J connectivity index is 1.99. The molecule has 2 atom stereocenters. The van der Waals surface area contributed by atoms with Crippen molar-refractivity contribution in [3.63, 3.8) is 0 Å². The average molecular weight is 261 g/mol. The van der Waals surface area contributed by atoms with Gasteiger partial charge in [0.05, 0.1) is 12.6 Å². The van der Waals surface area contributed by atoms with Gasteiger partial charge in [-0.2, -0.15) is 0 Å². The lowest BCUT2D eigenvalue weighted by atomic mass is 10.00. The van der Waals surface area contributed by atoms with Crippen molar-refractivity contribution in [2.24, 2.45) is 5.92 Å². The van der Waals surface area contributed by atoms with E-state index in [1.165, 1.54) is 5.56 Å². The molecule has 1 heterocycles. The lowest BCUT2D eigenvalue weighted by Crippen LogP contribution is -2.30. The van der Waals surface area contributed by atoms with Crippen LogP contribution in [0.5, 0.6) is 0 Å². The van der Waals surface area contributed by atoms with Crippen LogP contribution in [0.15, 0.2) is 24.3 Å². The molecule has 1 aromatic rings. The van der Waals surface area contributed by atoms with Crippen LogP contribution >= 0.6 is 0 Å². The molecule has 1 N–H and O–H groups in total. The first-order valence-corrected chi connectivity index (χ1v) is 7.03. The van der Waals surface area contributed by atoms with Crippen LogP contribution in [0.1, 0.15) is 50.3 Å². The van der Waals surface area contributed by atoms with Gasteiger partial charge in [0.1, 0.15) is 0 Å². The predicted molar refractivity (Wildman–Crippen MR) is 75.9 cm³/mol. The quantitative estimate of drug-likeness (QED) is 0.905. The number of amides is 1. The van der Waals surface area contributed by atoms with E-state index in [-0.39, 0.29) is 5.91 Å². The van der Waals surface area contributed by atoms with Crippen LogP contribution in [0.2, 0.25) is 0 Å². The number of β-amino-alcohol motifs (C(OH)–C–C–N with tert-alkyl or cyclic N) is 1. The highest BCUT2D eigenvalue weighted by Crippen LogP contribution is 2.23. The van der Waals surface area contributed by atoms with Gasteiger partial charge in [-0.25, -0.2) is 0 Å². The van der Waals surface area contributed by atoms with Gasteiger partial charge in [-0.15, -0.1) is 0 Å². The minimum Gasteiger partial charge on any atom is -0.387 e. The fraction of sp³-hybridized carbons (Fsp3) is 0.562. The molecule has 19 heavy (non-hydrogen) atoms. The highest BCUT2D eigenvalue weighted by atomic mass is 16.3. The van der Waals surface area contributed by atoms with Crippen LogP contribution in [0.25, 0.3) is 0 Å². The zero-order valence-corrected chi connectivity index (χ0v) is 12.0. The average Bonchev–Trinajstić information content (AvgIpc) is 2.68. The zero-order valence-electron chi connectivity index (χ0n) is 12.0. The van der Waals surface area contributed by atoms with Gasteiger partial charge in [-0.05, 0) is 23.0 Å². The molecule has 1 aromatic carbocycles. The Morgan fingerprint density at radius 2 is 1.84 bits per heavy atom. The molecule has 1 fully saturated rings. The molecule has 2 rings (SSSR count). The van der Waals surface area contributed by atoms with Crippen LogP contribution in [0, 0.1) is 5.92 Å². The van der Waals surface area contributed by atoms with Crippen molar-refractivity contribution >= 4 is 5.91 Å². The maximum atomic E-state index is 11.7. The van der Waals surface area contributed by atoms with E-state index in [1.54, 1.807) is 4.90 Å². The van der Waals surface area contributed by atoms with Crippen LogP contribution in [0.3, 0.4) is 0 Å². The van der Waals surface area contributed by atoms with Gasteiger partial charge in [0, 0.05) is 13.0 Å². The summed E-state index contributed by atoms with van der Waals surface area (Å²) in [6, 6.07) is 8.03. The second-order valence-corrected chi connectivity index (χ2v) is 5.95. The predicted octanol–water partition coefficient (Wildman–Crippen LogP) is 2.71. The summed E-state index contributed by atoms with van der Waals surface area (Å²) in [6.07, 6.45) is 0.0226. The fourth-order valence-electron chi connectivity index (χ4n) is 2.56. The fourth-order valence-corrected chi connectivity index (χ4v) is 2.56. The van der Waals surface area contributed by atoms with Crippen LogP contribution in [-0.4, -0.2) is 29.0 Å². The third-order valence-corrected chi connectivity index (χ3v) is 3.79. The number of hydrogen-bond acceptors (Lipinski definition) is 2. The van der Waals surface area contributed by atoms with E-state index >= 15 is 0 Å². The maximum absolute atomic E-state index is 11.7. The van der Waals surface area contributed by atoms with Crippen molar-refractivity contribution < 1.29 is 9.90 Å². The van der Waals surface area contributed by atoms with Gasteiger partial charge < -0.3 is 10.0 Å². The standard InChI is InChI=1S/C16H23NO2/c1-11(2)13-4-6-14(7-5-13)15(18)10-17-9-12(3)8-16(17)19/h4-7,11-12,15,18H,8-10H2,1-3H3. The zero-order chi connectivity index (χ0) is 14.0. The molecule has 1 aliphatic heterocycles. The third kappa shape index (κ3) is 3.35. The smallest absolute Gasteiger partial charge is 0.223 e. The molecule has 0 spiro atoms. The molecule has 3 heteroatoms. The first-order valence-electron chi connectivity index (χ1n) is 7.03. The van der Waals surface area contributed by atoms with Crippen molar-refractivity contribution in [1.29, 1.82) is 0 Å². The molecule has 1 amide bonds. The monoisotopic (exact) mass is 261 g/mol. The van der Waals surface area contributed by atoms with E-state index < -0.39 is 6.10 Å². The second kappa shape index (κ2) is 5.74. The Hall–Kier alpha value is -1.35. The van der Waals surface area contributed by atoms with E-state index in [1.807, 2.05) is 12.1 Å². The summed E-state index contributed by atoms with van der Waals surface area (Å²) in [4.78, 5) is 13.5.